The Morgan fingerprint density at radius 3 is 3.27 bits per heavy atom. The van der Waals surface area contributed by atoms with Crippen LogP contribution in [-0.2, 0) is 6.42 Å². The molecular formula is C11H19N3S. The van der Waals surface area contributed by atoms with E-state index in [0.29, 0.717) is 6.04 Å². The maximum atomic E-state index is 4.67. The Hall–Kier alpha value is -0.450. The lowest BCUT2D eigenvalue weighted by atomic mass is 10.1. The highest BCUT2D eigenvalue weighted by Crippen LogP contribution is 2.21. The molecule has 0 spiro atoms. The number of nitrogens with one attached hydrogen (secondary N) is 2. The van der Waals surface area contributed by atoms with Gasteiger partial charge in [0.15, 0.2) is 0 Å². The van der Waals surface area contributed by atoms with E-state index in [9.17, 15) is 0 Å². The second-order valence-electron chi connectivity index (χ2n) is 4.24. The van der Waals surface area contributed by atoms with Crippen molar-refractivity contribution in [2.45, 2.75) is 25.8 Å². The highest BCUT2D eigenvalue weighted by Gasteiger charge is 2.17. The van der Waals surface area contributed by atoms with Crippen molar-refractivity contribution in [3.8, 4) is 0 Å². The molecule has 1 fully saturated rings. The predicted octanol–water partition coefficient (Wildman–Crippen LogP) is 1.58. The number of aromatic nitrogens is 1. The summed E-state index contributed by atoms with van der Waals surface area (Å²) in [6.07, 6.45) is 2.45. The zero-order valence-electron chi connectivity index (χ0n) is 9.42. The Kier molecular flexibility index (Phi) is 3.72. The van der Waals surface area contributed by atoms with Crippen molar-refractivity contribution in [2.75, 3.05) is 20.1 Å². The van der Waals surface area contributed by atoms with Gasteiger partial charge in [-0.05, 0) is 39.4 Å². The van der Waals surface area contributed by atoms with Crippen molar-refractivity contribution in [3.63, 3.8) is 0 Å². The van der Waals surface area contributed by atoms with E-state index < -0.39 is 0 Å². The molecular weight excluding hydrogens is 206 g/mol. The van der Waals surface area contributed by atoms with E-state index in [-0.39, 0.29) is 0 Å². The fourth-order valence-corrected chi connectivity index (χ4v) is 2.90. The zero-order valence-corrected chi connectivity index (χ0v) is 10.2. The first kappa shape index (κ1) is 11.0. The summed E-state index contributed by atoms with van der Waals surface area (Å²) in [5, 5.41) is 10.1. The van der Waals surface area contributed by atoms with E-state index in [2.05, 4.69) is 27.9 Å². The zero-order chi connectivity index (χ0) is 10.7. The normalized spacial score (nSPS) is 23.2. The number of nitrogens with zero attached hydrogens (tertiary/aromatic N) is 1. The largest absolute Gasteiger partial charge is 0.316 e. The molecule has 2 atom stereocenters. The van der Waals surface area contributed by atoms with Crippen LogP contribution in [0.4, 0.5) is 0 Å². The molecule has 0 bridgehead atoms. The number of rotatable bonds is 4. The van der Waals surface area contributed by atoms with Gasteiger partial charge in [-0.1, -0.05) is 0 Å². The molecule has 1 aromatic rings. The van der Waals surface area contributed by atoms with Gasteiger partial charge in [0.05, 0.1) is 10.7 Å². The second-order valence-corrected chi connectivity index (χ2v) is 5.18. The topological polar surface area (TPSA) is 37.0 Å². The van der Waals surface area contributed by atoms with Crippen molar-refractivity contribution in [3.05, 3.63) is 16.1 Å². The monoisotopic (exact) mass is 225 g/mol. The lowest BCUT2D eigenvalue weighted by Crippen LogP contribution is -2.13. The third kappa shape index (κ3) is 2.77. The first-order valence-electron chi connectivity index (χ1n) is 5.62. The third-order valence-electron chi connectivity index (χ3n) is 3.07. The van der Waals surface area contributed by atoms with E-state index in [0.717, 1.165) is 18.9 Å². The van der Waals surface area contributed by atoms with Crippen LogP contribution in [-0.4, -0.2) is 25.1 Å². The third-order valence-corrected chi connectivity index (χ3v) is 3.96. The fraction of sp³-hybridized carbons (Fsp3) is 0.727. The highest BCUT2D eigenvalue weighted by molar-refractivity contribution is 7.09. The van der Waals surface area contributed by atoms with Gasteiger partial charge < -0.3 is 10.6 Å². The molecule has 2 heterocycles. The molecule has 1 saturated heterocycles. The maximum absolute atomic E-state index is 4.67. The van der Waals surface area contributed by atoms with Gasteiger partial charge in [0, 0.05) is 17.8 Å². The Labute approximate surface area is 95.3 Å². The van der Waals surface area contributed by atoms with Crippen LogP contribution < -0.4 is 10.6 Å². The van der Waals surface area contributed by atoms with Crippen molar-refractivity contribution < 1.29 is 0 Å². The molecule has 2 N–H and O–H groups in total. The highest BCUT2D eigenvalue weighted by atomic mass is 32.1. The summed E-state index contributed by atoms with van der Waals surface area (Å²) in [6, 6.07) is 0.372. The predicted molar refractivity (Wildman–Crippen MR) is 64.3 cm³/mol. The van der Waals surface area contributed by atoms with Crippen molar-refractivity contribution >= 4 is 11.3 Å². The average molecular weight is 225 g/mol. The minimum atomic E-state index is 0.372. The summed E-state index contributed by atoms with van der Waals surface area (Å²) in [6.45, 7) is 4.49. The van der Waals surface area contributed by atoms with E-state index in [4.69, 9.17) is 0 Å². The molecule has 0 aliphatic carbocycles. The van der Waals surface area contributed by atoms with Gasteiger partial charge in [-0.2, -0.15) is 0 Å². The van der Waals surface area contributed by atoms with E-state index in [1.54, 1.807) is 11.3 Å². The van der Waals surface area contributed by atoms with Crippen molar-refractivity contribution in [1.29, 1.82) is 0 Å². The van der Waals surface area contributed by atoms with Gasteiger partial charge in [0.25, 0.3) is 0 Å². The standard InChI is InChI=1S/C11H19N3S/c1-8(12-2)10-7-15-11(14-10)5-9-3-4-13-6-9/h7-9,12-13H,3-6H2,1-2H3. The second kappa shape index (κ2) is 5.05. The first-order chi connectivity index (χ1) is 7.29. The van der Waals surface area contributed by atoms with Gasteiger partial charge in [0.2, 0.25) is 0 Å². The molecule has 2 unspecified atom stereocenters. The number of hydrogen-bond acceptors (Lipinski definition) is 4. The summed E-state index contributed by atoms with van der Waals surface area (Å²) < 4.78 is 0. The lowest BCUT2D eigenvalue weighted by Gasteiger charge is -2.06. The average Bonchev–Trinajstić information content (AvgIpc) is 2.88. The molecule has 0 aromatic carbocycles. The van der Waals surface area contributed by atoms with Crippen LogP contribution in [0.1, 0.15) is 30.1 Å². The molecule has 1 aliphatic rings. The maximum Gasteiger partial charge on any atom is 0.0932 e. The Morgan fingerprint density at radius 2 is 2.60 bits per heavy atom. The van der Waals surface area contributed by atoms with Gasteiger partial charge in [-0.15, -0.1) is 11.3 Å². The summed E-state index contributed by atoms with van der Waals surface area (Å²) in [7, 11) is 1.98. The fourth-order valence-electron chi connectivity index (χ4n) is 1.90. The number of hydrogen-bond donors (Lipinski definition) is 2. The Morgan fingerprint density at radius 1 is 1.73 bits per heavy atom. The van der Waals surface area contributed by atoms with Crippen LogP contribution in [0.3, 0.4) is 0 Å². The minimum absolute atomic E-state index is 0.372. The molecule has 1 aromatic heterocycles. The molecule has 0 radical (unpaired) electrons. The molecule has 0 amide bonds. The van der Waals surface area contributed by atoms with Gasteiger partial charge in [-0.25, -0.2) is 4.98 Å². The summed E-state index contributed by atoms with van der Waals surface area (Å²) >= 11 is 1.80. The molecule has 15 heavy (non-hydrogen) atoms. The first-order valence-corrected chi connectivity index (χ1v) is 6.50. The summed E-state index contributed by atoms with van der Waals surface area (Å²) in [4.78, 5) is 4.67. The Bertz CT molecular complexity index is 305. The Balaban J connectivity index is 1.94. The SMILES string of the molecule is CNC(C)c1csc(CC2CCNC2)n1. The smallest absolute Gasteiger partial charge is 0.0932 e. The van der Waals surface area contributed by atoms with Gasteiger partial charge >= 0.3 is 0 Å². The molecule has 1 aliphatic heterocycles. The van der Waals surface area contributed by atoms with Crippen LogP contribution >= 0.6 is 11.3 Å². The van der Waals surface area contributed by atoms with Crippen molar-refractivity contribution in [2.24, 2.45) is 5.92 Å². The van der Waals surface area contributed by atoms with E-state index in [1.165, 1.54) is 23.7 Å². The van der Waals surface area contributed by atoms with Crippen LogP contribution in [0.5, 0.6) is 0 Å². The quantitative estimate of drug-likeness (QED) is 0.817. The number of thiazole rings is 1. The van der Waals surface area contributed by atoms with Crippen LogP contribution in [0, 0.1) is 5.92 Å². The summed E-state index contributed by atoms with van der Waals surface area (Å²) in [5.74, 6) is 0.800. The lowest BCUT2D eigenvalue weighted by molar-refractivity contribution is 0.573. The van der Waals surface area contributed by atoms with Gasteiger partial charge in [-0.3, -0.25) is 0 Å². The summed E-state index contributed by atoms with van der Waals surface area (Å²) in [5.41, 5.74) is 1.18. The van der Waals surface area contributed by atoms with Crippen LogP contribution in [0.2, 0.25) is 0 Å². The molecule has 84 valence electrons. The molecule has 4 heteroatoms. The van der Waals surface area contributed by atoms with Crippen LogP contribution in [0.15, 0.2) is 5.38 Å². The molecule has 2 rings (SSSR count). The minimum Gasteiger partial charge on any atom is -0.316 e. The van der Waals surface area contributed by atoms with E-state index >= 15 is 0 Å². The van der Waals surface area contributed by atoms with Crippen LogP contribution in [0.25, 0.3) is 0 Å². The van der Waals surface area contributed by atoms with E-state index in [1.807, 2.05) is 7.05 Å². The molecule has 0 saturated carbocycles. The molecule has 3 nitrogen and oxygen atoms in total. The van der Waals surface area contributed by atoms with Crippen molar-refractivity contribution in [1.82, 2.24) is 15.6 Å². The van der Waals surface area contributed by atoms with Gasteiger partial charge in [0.1, 0.15) is 0 Å².